The molecule has 0 fully saturated rings. The van der Waals surface area contributed by atoms with Crippen LogP contribution in [0.2, 0.25) is 0 Å². The monoisotopic (exact) mass is 638 g/mol. The smallest absolute Gasteiger partial charge is 0.207 e. The van der Waals surface area contributed by atoms with E-state index in [1.54, 1.807) is 48.5 Å². The maximum atomic E-state index is 13.4. The third kappa shape index (κ3) is 4.45. The van der Waals surface area contributed by atoms with E-state index in [-0.39, 0.29) is 11.8 Å². The molecule has 2 aliphatic heterocycles. The van der Waals surface area contributed by atoms with Crippen molar-refractivity contribution < 1.29 is 16.8 Å². The summed E-state index contributed by atoms with van der Waals surface area (Å²) >= 11 is 0. The lowest BCUT2D eigenvalue weighted by Gasteiger charge is -2.29. The number of hydrogen-bond acceptors (Lipinski definition) is 4. The molecule has 0 aromatic heterocycles. The van der Waals surface area contributed by atoms with Gasteiger partial charge in [0.1, 0.15) is 9.52 Å². The lowest BCUT2D eigenvalue weighted by atomic mass is 9.85. The maximum Gasteiger partial charge on any atom is 0.207 e. The molecule has 0 bridgehead atoms. The Morgan fingerprint density at radius 2 is 0.622 bits per heavy atom. The minimum absolute atomic E-state index is 0.164. The minimum Gasteiger partial charge on any atom is -0.218 e. The van der Waals surface area contributed by atoms with Crippen molar-refractivity contribution in [3.05, 3.63) is 179 Å². The first-order valence-corrected chi connectivity index (χ1v) is 18.6. The van der Waals surface area contributed by atoms with Gasteiger partial charge in [0.2, 0.25) is 19.7 Å². The van der Waals surface area contributed by atoms with Crippen LogP contribution in [0.3, 0.4) is 0 Å². The Morgan fingerprint density at radius 3 is 0.911 bits per heavy atom. The van der Waals surface area contributed by atoms with Crippen molar-refractivity contribution in [1.82, 2.24) is 0 Å². The Balaban J connectivity index is 1.10. The molecule has 6 aromatic carbocycles. The Kier molecular flexibility index (Phi) is 6.53. The third-order valence-corrected chi connectivity index (χ3v) is 13.9. The van der Waals surface area contributed by atoms with Crippen LogP contribution in [-0.4, -0.2) is 26.4 Å². The molecule has 7 heteroatoms. The zero-order valence-corrected chi connectivity index (χ0v) is 26.6. The normalized spacial score (nSPS) is 16.2. The number of rotatable bonds is 4. The molecular weight excluding hydrogens is 613 g/mol. The van der Waals surface area contributed by atoms with Crippen molar-refractivity contribution in [2.24, 2.45) is 0 Å². The molecule has 4 nitrogen and oxygen atoms in total. The Morgan fingerprint density at radius 1 is 0.356 bits per heavy atom. The SMILES string of the molecule is O=S1(=O)c2ccccc2C(c2ccc([Si]c3ccc(C4c5ccccc5S(=O)(=O)c5ccccc54)cc3)cc2)c2ccccc21. The highest BCUT2D eigenvalue weighted by Gasteiger charge is 2.37. The second-order valence-electron chi connectivity index (χ2n) is 11.4. The Hall–Kier alpha value is -4.56. The van der Waals surface area contributed by atoms with Gasteiger partial charge in [-0.1, -0.05) is 132 Å². The van der Waals surface area contributed by atoms with Crippen LogP contribution < -0.4 is 10.4 Å². The van der Waals surface area contributed by atoms with Gasteiger partial charge in [0.15, 0.2) is 0 Å². The molecule has 0 saturated heterocycles. The molecule has 8 rings (SSSR count). The van der Waals surface area contributed by atoms with Gasteiger partial charge in [-0.05, 0) is 57.6 Å². The van der Waals surface area contributed by atoms with E-state index in [1.807, 2.05) is 48.5 Å². The fourth-order valence-electron chi connectivity index (χ4n) is 6.83. The molecule has 0 aliphatic carbocycles. The minimum atomic E-state index is -3.57. The summed E-state index contributed by atoms with van der Waals surface area (Å²) < 4.78 is 53.5. The first kappa shape index (κ1) is 27.9. The summed E-state index contributed by atoms with van der Waals surface area (Å²) in [5, 5.41) is 2.35. The zero-order chi connectivity index (χ0) is 30.8. The van der Waals surface area contributed by atoms with Crippen molar-refractivity contribution in [3.63, 3.8) is 0 Å². The molecule has 0 spiro atoms. The van der Waals surface area contributed by atoms with Gasteiger partial charge >= 0.3 is 0 Å². The van der Waals surface area contributed by atoms with Crippen molar-refractivity contribution >= 4 is 39.6 Å². The molecule has 45 heavy (non-hydrogen) atoms. The molecule has 0 unspecified atom stereocenters. The van der Waals surface area contributed by atoms with Crippen molar-refractivity contribution in [2.45, 2.75) is 31.4 Å². The van der Waals surface area contributed by atoms with Crippen molar-refractivity contribution in [1.29, 1.82) is 0 Å². The largest absolute Gasteiger partial charge is 0.218 e. The van der Waals surface area contributed by atoms with Crippen LogP contribution in [0.25, 0.3) is 0 Å². The van der Waals surface area contributed by atoms with Gasteiger partial charge in [-0.15, -0.1) is 0 Å². The van der Waals surface area contributed by atoms with Gasteiger partial charge in [0.25, 0.3) is 0 Å². The van der Waals surface area contributed by atoms with Crippen LogP contribution in [0.5, 0.6) is 0 Å². The van der Waals surface area contributed by atoms with E-state index in [9.17, 15) is 16.8 Å². The van der Waals surface area contributed by atoms with Gasteiger partial charge < -0.3 is 0 Å². The van der Waals surface area contributed by atoms with E-state index in [2.05, 4.69) is 48.5 Å². The standard InChI is InChI=1S/C38H26O4S2Si/c39-43(40)33-13-5-1-9-29(33)37(30-10-2-6-14-34(30)43)25-17-21-27(22-18-25)45-28-23-19-26(20-24-28)38-31-11-3-7-15-35(31)44(41,42)36-16-8-4-12-32(36)38/h1-24,37-38H. The van der Waals surface area contributed by atoms with Gasteiger partial charge in [-0.2, -0.15) is 0 Å². The molecule has 218 valence electrons. The van der Waals surface area contributed by atoms with E-state index < -0.39 is 19.7 Å². The molecule has 0 atom stereocenters. The zero-order valence-electron chi connectivity index (χ0n) is 24.0. The van der Waals surface area contributed by atoms with E-state index >= 15 is 0 Å². The molecule has 2 aliphatic rings. The van der Waals surface area contributed by atoms with Crippen LogP contribution in [0, 0.1) is 0 Å². The molecule has 0 N–H and O–H groups in total. The molecule has 2 radical (unpaired) electrons. The van der Waals surface area contributed by atoms with Crippen LogP contribution in [-0.2, 0) is 19.7 Å². The highest BCUT2D eigenvalue weighted by molar-refractivity contribution is 7.92. The predicted octanol–water partition coefficient (Wildman–Crippen LogP) is 5.99. The van der Waals surface area contributed by atoms with Crippen LogP contribution >= 0.6 is 0 Å². The van der Waals surface area contributed by atoms with Crippen LogP contribution in [0.1, 0.15) is 45.2 Å². The molecule has 2 heterocycles. The molecule has 0 saturated carbocycles. The summed E-state index contributed by atoms with van der Waals surface area (Å²) in [6, 6.07) is 46.2. The number of benzene rings is 6. The summed E-state index contributed by atoms with van der Waals surface area (Å²) in [6.07, 6.45) is 0. The fraction of sp³-hybridized carbons (Fsp3) is 0.0526. The quantitative estimate of drug-likeness (QED) is 0.222. The average molecular weight is 639 g/mol. The first-order chi connectivity index (χ1) is 21.8. The topological polar surface area (TPSA) is 68.3 Å². The third-order valence-electron chi connectivity index (χ3n) is 8.85. The summed E-state index contributed by atoms with van der Waals surface area (Å²) in [5.41, 5.74) is 5.33. The Labute approximate surface area is 265 Å². The number of sulfone groups is 2. The lowest BCUT2D eigenvalue weighted by molar-refractivity contribution is 0.587. The fourth-order valence-corrected chi connectivity index (χ4v) is 11.3. The molecule has 6 aromatic rings. The van der Waals surface area contributed by atoms with Crippen molar-refractivity contribution in [2.75, 3.05) is 0 Å². The number of hydrogen-bond donors (Lipinski definition) is 0. The summed E-state index contributed by atoms with van der Waals surface area (Å²) in [7, 11) is -6.71. The first-order valence-electron chi connectivity index (χ1n) is 14.7. The van der Waals surface area contributed by atoms with E-state index in [1.165, 1.54) is 10.4 Å². The summed E-state index contributed by atoms with van der Waals surface area (Å²) in [5.74, 6) is -0.328. The highest BCUT2D eigenvalue weighted by Crippen LogP contribution is 2.46. The average Bonchev–Trinajstić information content (AvgIpc) is 3.07. The molecular formula is C38H26O4S2Si. The highest BCUT2D eigenvalue weighted by atomic mass is 32.2. The lowest BCUT2D eigenvalue weighted by Crippen LogP contribution is -2.27. The predicted molar refractivity (Wildman–Crippen MR) is 176 cm³/mol. The van der Waals surface area contributed by atoms with E-state index in [0.29, 0.717) is 29.1 Å². The maximum absolute atomic E-state index is 13.4. The van der Waals surface area contributed by atoms with Gasteiger partial charge in [-0.25, -0.2) is 16.8 Å². The van der Waals surface area contributed by atoms with E-state index in [4.69, 9.17) is 0 Å². The van der Waals surface area contributed by atoms with Crippen molar-refractivity contribution in [3.8, 4) is 0 Å². The number of fused-ring (bicyclic) bond motifs is 4. The summed E-state index contributed by atoms with van der Waals surface area (Å²) in [6.45, 7) is 0. The molecule has 0 amide bonds. The second-order valence-corrected chi connectivity index (χ2v) is 16.6. The van der Waals surface area contributed by atoms with Gasteiger partial charge in [-0.3, -0.25) is 0 Å². The van der Waals surface area contributed by atoms with Crippen LogP contribution in [0.15, 0.2) is 165 Å². The summed E-state index contributed by atoms with van der Waals surface area (Å²) in [4.78, 5) is 1.50. The second kappa shape index (κ2) is 10.5. The Bertz CT molecular complexity index is 2060. The van der Waals surface area contributed by atoms with Crippen LogP contribution in [0.4, 0.5) is 0 Å². The van der Waals surface area contributed by atoms with Gasteiger partial charge in [0, 0.05) is 11.8 Å². The van der Waals surface area contributed by atoms with E-state index in [0.717, 1.165) is 33.4 Å². The van der Waals surface area contributed by atoms with Gasteiger partial charge in [0.05, 0.1) is 19.6 Å².